The van der Waals surface area contributed by atoms with Crippen LogP contribution in [0.4, 0.5) is 9.18 Å². The lowest BCUT2D eigenvalue weighted by Crippen LogP contribution is -2.36. The normalized spacial score (nSPS) is 10.5. The number of hydrogen-bond donors (Lipinski definition) is 2. The number of halogens is 1. The second-order valence-electron chi connectivity index (χ2n) is 5.87. The van der Waals surface area contributed by atoms with Crippen LogP contribution in [0.25, 0.3) is 11.5 Å². The van der Waals surface area contributed by atoms with Gasteiger partial charge >= 0.3 is 6.03 Å². The van der Waals surface area contributed by atoms with E-state index in [-0.39, 0.29) is 11.8 Å². The first-order valence-corrected chi connectivity index (χ1v) is 8.39. The van der Waals surface area contributed by atoms with Crippen molar-refractivity contribution < 1.29 is 13.6 Å². The van der Waals surface area contributed by atoms with Gasteiger partial charge in [-0.1, -0.05) is 30.3 Å². The van der Waals surface area contributed by atoms with Crippen molar-refractivity contribution in [2.45, 2.75) is 19.9 Å². The number of carbonyl (C=O) groups excluding carboxylic acids is 1. The van der Waals surface area contributed by atoms with Crippen LogP contribution in [0.5, 0.6) is 0 Å². The van der Waals surface area contributed by atoms with E-state index in [9.17, 15) is 9.18 Å². The van der Waals surface area contributed by atoms with Gasteiger partial charge in [-0.15, -0.1) is 0 Å². The summed E-state index contributed by atoms with van der Waals surface area (Å²) in [4.78, 5) is 16.3. The lowest BCUT2D eigenvalue weighted by molar-refractivity contribution is 0.240. The molecule has 0 spiro atoms. The molecule has 2 aromatic carbocycles. The fraction of sp³-hybridized carbons (Fsp3) is 0.200. The number of nitrogens with one attached hydrogen (secondary N) is 2. The van der Waals surface area contributed by atoms with E-state index in [2.05, 4.69) is 15.6 Å². The van der Waals surface area contributed by atoms with Crippen LogP contribution in [0.2, 0.25) is 0 Å². The molecule has 6 heteroatoms. The summed E-state index contributed by atoms with van der Waals surface area (Å²) >= 11 is 0. The molecule has 1 heterocycles. The van der Waals surface area contributed by atoms with Gasteiger partial charge < -0.3 is 15.1 Å². The van der Waals surface area contributed by atoms with Gasteiger partial charge in [0.2, 0.25) is 5.89 Å². The Morgan fingerprint density at radius 2 is 1.81 bits per heavy atom. The summed E-state index contributed by atoms with van der Waals surface area (Å²) in [6.45, 7) is 2.74. The molecule has 0 saturated carbocycles. The predicted molar refractivity (Wildman–Crippen MR) is 97.0 cm³/mol. The molecule has 134 valence electrons. The lowest BCUT2D eigenvalue weighted by Gasteiger charge is -2.07. The number of oxazole rings is 1. The molecular formula is C20H20FN3O2. The van der Waals surface area contributed by atoms with Crippen LogP contribution in [-0.4, -0.2) is 17.6 Å². The average Bonchev–Trinajstić information content (AvgIpc) is 3.02. The van der Waals surface area contributed by atoms with Crippen LogP contribution >= 0.6 is 0 Å². The highest BCUT2D eigenvalue weighted by Gasteiger charge is 2.11. The zero-order chi connectivity index (χ0) is 18.4. The molecule has 0 atom stereocenters. The van der Waals surface area contributed by atoms with Gasteiger partial charge in [0, 0.05) is 25.1 Å². The van der Waals surface area contributed by atoms with Crippen molar-refractivity contribution in [3.63, 3.8) is 0 Å². The maximum Gasteiger partial charge on any atom is 0.315 e. The standard InChI is InChI=1S/C20H20FN3O2/c1-14-18(24-19(26-14)16-7-9-17(21)10-8-16)11-12-22-20(25)23-13-15-5-3-2-4-6-15/h2-10H,11-13H2,1H3,(H2,22,23,25). The molecule has 0 fully saturated rings. The summed E-state index contributed by atoms with van der Waals surface area (Å²) in [6.07, 6.45) is 0.551. The molecule has 2 amide bonds. The highest BCUT2D eigenvalue weighted by molar-refractivity contribution is 5.73. The van der Waals surface area contributed by atoms with E-state index >= 15 is 0 Å². The molecule has 2 N–H and O–H groups in total. The van der Waals surface area contributed by atoms with Gasteiger partial charge in [-0.25, -0.2) is 14.2 Å². The topological polar surface area (TPSA) is 67.2 Å². The van der Waals surface area contributed by atoms with Crippen molar-refractivity contribution >= 4 is 6.03 Å². The smallest absolute Gasteiger partial charge is 0.315 e. The first kappa shape index (κ1) is 17.7. The summed E-state index contributed by atoms with van der Waals surface area (Å²) < 4.78 is 18.6. The summed E-state index contributed by atoms with van der Waals surface area (Å²) in [5, 5.41) is 5.61. The third-order valence-corrected chi connectivity index (χ3v) is 3.93. The highest BCUT2D eigenvalue weighted by atomic mass is 19.1. The molecule has 3 aromatic rings. The third kappa shape index (κ3) is 4.69. The maximum absolute atomic E-state index is 13.0. The van der Waals surface area contributed by atoms with Crippen molar-refractivity contribution in [2.24, 2.45) is 0 Å². The highest BCUT2D eigenvalue weighted by Crippen LogP contribution is 2.22. The first-order chi connectivity index (χ1) is 12.6. The Morgan fingerprint density at radius 3 is 2.54 bits per heavy atom. The van der Waals surface area contributed by atoms with Crippen LogP contribution in [-0.2, 0) is 13.0 Å². The lowest BCUT2D eigenvalue weighted by atomic mass is 10.2. The molecule has 0 aliphatic heterocycles. The van der Waals surface area contributed by atoms with Crippen molar-refractivity contribution in [3.8, 4) is 11.5 Å². The predicted octanol–water partition coefficient (Wildman–Crippen LogP) is 3.83. The molecule has 0 radical (unpaired) electrons. The van der Waals surface area contributed by atoms with Gasteiger partial charge in [0.1, 0.15) is 11.6 Å². The van der Waals surface area contributed by atoms with Gasteiger partial charge in [-0.05, 0) is 36.8 Å². The zero-order valence-corrected chi connectivity index (χ0v) is 14.5. The van der Waals surface area contributed by atoms with Crippen LogP contribution in [0, 0.1) is 12.7 Å². The molecule has 5 nitrogen and oxygen atoms in total. The van der Waals surface area contributed by atoms with Crippen molar-refractivity contribution in [2.75, 3.05) is 6.54 Å². The number of aryl methyl sites for hydroxylation is 1. The van der Waals surface area contributed by atoms with E-state index in [1.165, 1.54) is 12.1 Å². The molecule has 0 saturated heterocycles. The number of rotatable bonds is 6. The number of carbonyl (C=O) groups is 1. The van der Waals surface area contributed by atoms with Crippen molar-refractivity contribution in [1.29, 1.82) is 0 Å². The Balaban J connectivity index is 1.49. The van der Waals surface area contributed by atoms with Gasteiger partial charge in [-0.3, -0.25) is 0 Å². The van der Waals surface area contributed by atoms with Crippen molar-refractivity contribution in [3.05, 3.63) is 77.4 Å². The number of benzene rings is 2. The second kappa shape index (κ2) is 8.29. The Bertz CT molecular complexity index is 861. The number of nitrogens with zero attached hydrogens (tertiary/aromatic N) is 1. The molecule has 0 aliphatic carbocycles. The van der Waals surface area contributed by atoms with E-state index in [4.69, 9.17) is 4.42 Å². The largest absolute Gasteiger partial charge is 0.441 e. The second-order valence-corrected chi connectivity index (χ2v) is 5.87. The van der Waals surface area contributed by atoms with Crippen LogP contribution < -0.4 is 10.6 Å². The van der Waals surface area contributed by atoms with Gasteiger partial charge in [0.25, 0.3) is 0 Å². The average molecular weight is 353 g/mol. The number of hydrogen-bond acceptors (Lipinski definition) is 3. The van der Waals surface area contributed by atoms with E-state index < -0.39 is 0 Å². The third-order valence-electron chi connectivity index (χ3n) is 3.93. The van der Waals surface area contributed by atoms with E-state index in [0.717, 1.165) is 11.3 Å². The maximum atomic E-state index is 13.0. The van der Waals surface area contributed by atoms with Crippen LogP contribution in [0.1, 0.15) is 17.0 Å². The van der Waals surface area contributed by atoms with Gasteiger partial charge in [0.15, 0.2) is 0 Å². The Hall–Kier alpha value is -3.15. The van der Waals surface area contributed by atoms with Crippen LogP contribution in [0.15, 0.2) is 59.0 Å². The quantitative estimate of drug-likeness (QED) is 0.708. The molecule has 0 bridgehead atoms. The SMILES string of the molecule is Cc1oc(-c2ccc(F)cc2)nc1CCNC(=O)NCc1ccccc1. The molecule has 26 heavy (non-hydrogen) atoms. The zero-order valence-electron chi connectivity index (χ0n) is 14.5. The fourth-order valence-electron chi connectivity index (χ4n) is 2.51. The fourth-order valence-corrected chi connectivity index (χ4v) is 2.51. The van der Waals surface area contributed by atoms with E-state index in [0.29, 0.717) is 36.7 Å². The monoisotopic (exact) mass is 353 g/mol. The number of aromatic nitrogens is 1. The Kier molecular flexibility index (Phi) is 5.63. The molecule has 1 aromatic heterocycles. The van der Waals surface area contributed by atoms with Gasteiger partial charge in [-0.2, -0.15) is 0 Å². The minimum atomic E-state index is -0.303. The van der Waals surface area contributed by atoms with Crippen molar-refractivity contribution in [1.82, 2.24) is 15.6 Å². The molecule has 3 rings (SSSR count). The first-order valence-electron chi connectivity index (χ1n) is 8.39. The summed E-state index contributed by atoms with van der Waals surface area (Å²) in [5.41, 5.74) is 2.53. The molecule has 0 unspecified atom stereocenters. The molecular weight excluding hydrogens is 333 g/mol. The molecule has 0 aliphatic rings. The summed E-state index contributed by atoms with van der Waals surface area (Å²) in [7, 11) is 0. The summed E-state index contributed by atoms with van der Waals surface area (Å²) in [5.74, 6) is 0.838. The van der Waals surface area contributed by atoms with E-state index in [1.807, 2.05) is 37.3 Å². The summed E-state index contributed by atoms with van der Waals surface area (Å²) in [6, 6.07) is 15.5. The minimum absolute atomic E-state index is 0.228. The Morgan fingerprint density at radius 1 is 1.08 bits per heavy atom. The minimum Gasteiger partial charge on any atom is -0.441 e. The number of amides is 2. The van der Waals surface area contributed by atoms with Gasteiger partial charge in [0.05, 0.1) is 5.69 Å². The Labute approximate surface area is 151 Å². The van der Waals surface area contributed by atoms with E-state index in [1.54, 1.807) is 12.1 Å². The number of urea groups is 1. The van der Waals surface area contributed by atoms with Crippen LogP contribution in [0.3, 0.4) is 0 Å².